The maximum absolute atomic E-state index is 12.4. The molecule has 6 heteroatoms. The van der Waals surface area contributed by atoms with Gasteiger partial charge in [-0.1, -0.05) is 19.1 Å². The molecule has 0 unspecified atom stereocenters. The van der Waals surface area contributed by atoms with Crippen molar-refractivity contribution in [2.24, 2.45) is 0 Å². The summed E-state index contributed by atoms with van der Waals surface area (Å²) in [5, 5.41) is 3.05. The van der Waals surface area contributed by atoms with Crippen LogP contribution in [0.2, 0.25) is 0 Å². The number of amides is 1. The van der Waals surface area contributed by atoms with E-state index in [0.717, 1.165) is 38.3 Å². The minimum absolute atomic E-state index is 0.0387. The van der Waals surface area contributed by atoms with Gasteiger partial charge in [0.1, 0.15) is 0 Å². The van der Waals surface area contributed by atoms with Crippen molar-refractivity contribution >= 4 is 5.91 Å². The molecule has 25 heavy (non-hydrogen) atoms. The van der Waals surface area contributed by atoms with Crippen molar-refractivity contribution in [3.05, 3.63) is 42.4 Å². The summed E-state index contributed by atoms with van der Waals surface area (Å²) < 4.78 is 5.26. The number of nitrogens with zero attached hydrogens (tertiary/aromatic N) is 3. The van der Waals surface area contributed by atoms with Gasteiger partial charge in [0.25, 0.3) is 5.91 Å². The zero-order valence-corrected chi connectivity index (χ0v) is 14.9. The number of carbonyl (C=O) groups excluding carboxylic acids is 1. The van der Waals surface area contributed by atoms with Gasteiger partial charge in [0, 0.05) is 49.9 Å². The Hall–Kier alpha value is -2.18. The molecule has 1 fully saturated rings. The van der Waals surface area contributed by atoms with Crippen LogP contribution >= 0.6 is 0 Å². The highest BCUT2D eigenvalue weighted by Crippen LogP contribution is 2.18. The summed E-state index contributed by atoms with van der Waals surface area (Å²) in [5.74, 6) is 0.662. The van der Waals surface area contributed by atoms with Crippen LogP contribution in [0.1, 0.15) is 24.2 Å². The molecule has 1 amide bonds. The number of hydrogen-bond acceptors (Lipinski definition) is 5. The van der Waals surface area contributed by atoms with E-state index in [2.05, 4.69) is 33.9 Å². The highest BCUT2D eigenvalue weighted by molar-refractivity contribution is 5.94. The van der Waals surface area contributed by atoms with Gasteiger partial charge in [-0.15, -0.1) is 0 Å². The van der Waals surface area contributed by atoms with Crippen molar-refractivity contribution in [2.75, 3.05) is 39.3 Å². The third-order valence-electron chi connectivity index (χ3n) is 4.90. The van der Waals surface area contributed by atoms with Crippen LogP contribution in [-0.4, -0.2) is 66.0 Å². The quantitative estimate of drug-likeness (QED) is 0.871. The van der Waals surface area contributed by atoms with Crippen LogP contribution in [0.25, 0.3) is 11.3 Å². The predicted molar refractivity (Wildman–Crippen MR) is 97.4 cm³/mol. The minimum Gasteiger partial charge on any atom is -0.444 e. The lowest BCUT2D eigenvalue weighted by Gasteiger charge is -2.37. The summed E-state index contributed by atoms with van der Waals surface area (Å²) in [4.78, 5) is 21.2. The highest BCUT2D eigenvalue weighted by atomic mass is 16.3. The second-order valence-corrected chi connectivity index (χ2v) is 6.47. The van der Waals surface area contributed by atoms with Gasteiger partial charge in [0.2, 0.25) is 0 Å². The summed E-state index contributed by atoms with van der Waals surface area (Å²) in [6.07, 6.45) is 3.06. The largest absolute Gasteiger partial charge is 0.444 e. The number of carbonyl (C=O) groups is 1. The Bertz CT molecular complexity index is 661. The standard InChI is InChI=1S/C19H26N4O2/c1-3-22-8-10-23(11-9-22)15(2)12-21-19(24)17-6-4-16(5-7-17)18-13-20-14-25-18/h4-7,13-15H,3,8-12H2,1-2H3,(H,21,24)/t15-/m0/s1. The maximum Gasteiger partial charge on any atom is 0.251 e. The van der Waals surface area contributed by atoms with Gasteiger partial charge in [0.15, 0.2) is 12.2 Å². The monoisotopic (exact) mass is 342 g/mol. The molecule has 1 aromatic heterocycles. The predicted octanol–water partition coefficient (Wildman–Crippen LogP) is 2.10. The highest BCUT2D eigenvalue weighted by Gasteiger charge is 2.20. The zero-order chi connectivity index (χ0) is 17.6. The first-order valence-electron chi connectivity index (χ1n) is 8.91. The van der Waals surface area contributed by atoms with Gasteiger partial charge in [-0.05, 0) is 25.6 Å². The number of nitrogens with one attached hydrogen (secondary N) is 1. The van der Waals surface area contributed by atoms with E-state index in [1.165, 1.54) is 6.39 Å². The summed E-state index contributed by atoms with van der Waals surface area (Å²) in [6.45, 7) is 10.5. The Labute approximate surface area is 148 Å². The van der Waals surface area contributed by atoms with E-state index < -0.39 is 0 Å². The number of aromatic nitrogens is 1. The fourth-order valence-corrected chi connectivity index (χ4v) is 3.14. The molecule has 0 spiro atoms. The van der Waals surface area contributed by atoms with Crippen molar-refractivity contribution in [1.29, 1.82) is 0 Å². The molecule has 1 aliphatic heterocycles. The lowest BCUT2D eigenvalue weighted by atomic mass is 10.1. The number of piperazine rings is 1. The molecule has 1 N–H and O–H groups in total. The molecular weight excluding hydrogens is 316 g/mol. The Kier molecular flexibility index (Phi) is 5.83. The van der Waals surface area contributed by atoms with E-state index in [0.29, 0.717) is 23.9 Å². The third-order valence-corrected chi connectivity index (χ3v) is 4.90. The van der Waals surface area contributed by atoms with Gasteiger partial charge in [0.05, 0.1) is 6.20 Å². The molecule has 2 aromatic rings. The van der Waals surface area contributed by atoms with Gasteiger partial charge in [-0.25, -0.2) is 4.98 Å². The van der Waals surface area contributed by atoms with E-state index in [4.69, 9.17) is 4.42 Å². The summed E-state index contributed by atoms with van der Waals surface area (Å²) in [7, 11) is 0. The van der Waals surface area contributed by atoms with Crippen LogP contribution in [0.15, 0.2) is 41.3 Å². The Morgan fingerprint density at radius 2 is 1.96 bits per heavy atom. The van der Waals surface area contributed by atoms with Gasteiger partial charge in [-0.2, -0.15) is 0 Å². The average Bonchev–Trinajstić information content (AvgIpc) is 3.21. The maximum atomic E-state index is 12.4. The molecule has 1 saturated heterocycles. The van der Waals surface area contributed by atoms with E-state index in [9.17, 15) is 4.79 Å². The van der Waals surface area contributed by atoms with Crippen molar-refractivity contribution in [2.45, 2.75) is 19.9 Å². The van der Waals surface area contributed by atoms with Gasteiger partial charge in [-0.3, -0.25) is 9.69 Å². The minimum atomic E-state index is -0.0387. The van der Waals surface area contributed by atoms with E-state index in [-0.39, 0.29) is 5.91 Å². The number of rotatable bonds is 6. The molecular formula is C19H26N4O2. The molecule has 0 saturated carbocycles. The van der Waals surface area contributed by atoms with Crippen molar-refractivity contribution < 1.29 is 9.21 Å². The fourth-order valence-electron chi connectivity index (χ4n) is 3.14. The molecule has 2 heterocycles. The average molecular weight is 342 g/mol. The molecule has 0 aliphatic carbocycles. The number of hydrogen-bond donors (Lipinski definition) is 1. The SMILES string of the molecule is CCN1CCN([C@@H](C)CNC(=O)c2ccc(-c3cnco3)cc2)CC1. The van der Waals surface area contributed by atoms with Crippen LogP contribution in [0.4, 0.5) is 0 Å². The first-order chi connectivity index (χ1) is 12.2. The van der Waals surface area contributed by atoms with Crippen molar-refractivity contribution in [3.63, 3.8) is 0 Å². The lowest BCUT2D eigenvalue weighted by molar-refractivity contribution is 0.0883. The van der Waals surface area contributed by atoms with Crippen LogP contribution in [0.5, 0.6) is 0 Å². The van der Waals surface area contributed by atoms with Crippen LogP contribution < -0.4 is 5.32 Å². The molecule has 0 bridgehead atoms. The topological polar surface area (TPSA) is 61.6 Å². The summed E-state index contributed by atoms with van der Waals surface area (Å²) >= 11 is 0. The van der Waals surface area contributed by atoms with Crippen LogP contribution in [0.3, 0.4) is 0 Å². The molecule has 1 aliphatic rings. The molecule has 6 nitrogen and oxygen atoms in total. The second-order valence-electron chi connectivity index (χ2n) is 6.47. The summed E-state index contributed by atoms with van der Waals surface area (Å²) in [6, 6.07) is 7.73. The van der Waals surface area contributed by atoms with E-state index >= 15 is 0 Å². The van der Waals surface area contributed by atoms with Crippen LogP contribution in [0, 0.1) is 0 Å². The number of oxazole rings is 1. The normalized spacial score (nSPS) is 17.4. The number of likely N-dealkylation sites (N-methyl/N-ethyl adjacent to an activating group) is 1. The van der Waals surface area contributed by atoms with Gasteiger partial charge < -0.3 is 14.6 Å². The fraction of sp³-hybridized carbons (Fsp3) is 0.474. The molecule has 3 rings (SSSR count). The Morgan fingerprint density at radius 3 is 2.56 bits per heavy atom. The molecule has 134 valence electrons. The van der Waals surface area contributed by atoms with Crippen LogP contribution in [-0.2, 0) is 0 Å². The third kappa shape index (κ3) is 4.46. The van der Waals surface area contributed by atoms with E-state index in [1.54, 1.807) is 6.20 Å². The summed E-state index contributed by atoms with van der Waals surface area (Å²) in [5.41, 5.74) is 1.57. The molecule has 1 aromatic carbocycles. The molecule has 1 atom stereocenters. The smallest absolute Gasteiger partial charge is 0.251 e. The first-order valence-corrected chi connectivity index (χ1v) is 8.91. The Balaban J connectivity index is 1.49. The second kappa shape index (κ2) is 8.27. The van der Waals surface area contributed by atoms with Gasteiger partial charge >= 0.3 is 0 Å². The molecule has 0 radical (unpaired) electrons. The van der Waals surface area contributed by atoms with Crippen molar-refractivity contribution in [3.8, 4) is 11.3 Å². The van der Waals surface area contributed by atoms with E-state index in [1.807, 2.05) is 24.3 Å². The lowest BCUT2D eigenvalue weighted by Crippen LogP contribution is -2.52. The Morgan fingerprint density at radius 1 is 1.24 bits per heavy atom. The number of benzene rings is 1. The zero-order valence-electron chi connectivity index (χ0n) is 14.9. The first kappa shape index (κ1) is 17.6. The van der Waals surface area contributed by atoms with Crippen molar-refractivity contribution in [1.82, 2.24) is 20.1 Å².